The zero-order chi connectivity index (χ0) is 22.6. The summed E-state index contributed by atoms with van der Waals surface area (Å²) in [6, 6.07) is 12.0. The van der Waals surface area contributed by atoms with Crippen LogP contribution in [0.15, 0.2) is 70.2 Å². The molecule has 0 bridgehead atoms. The van der Waals surface area contributed by atoms with Gasteiger partial charge < -0.3 is 24.2 Å². The van der Waals surface area contributed by atoms with E-state index in [-0.39, 0.29) is 11.7 Å². The summed E-state index contributed by atoms with van der Waals surface area (Å²) < 4.78 is 25.1. The van der Waals surface area contributed by atoms with E-state index in [0.717, 1.165) is 0 Å². The van der Waals surface area contributed by atoms with Gasteiger partial charge in [0.15, 0.2) is 11.6 Å². The monoisotopic (exact) mass is 448 g/mol. The second-order valence-electron chi connectivity index (χ2n) is 7.60. The number of pyridine rings is 1. The number of carbonyl (C=O) groups excluding carboxylic acids is 1. The molecule has 0 saturated carbocycles. The SMILES string of the molecule is O=C(c1cccnc1)N1CCN(c2ccc(-c3cc(CNc4ccon4)on3)cc2F)CC1. The zero-order valence-corrected chi connectivity index (χ0v) is 17.6. The number of piperazine rings is 1. The van der Waals surface area contributed by atoms with Crippen LogP contribution >= 0.6 is 0 Å². The summed E-state index contributed by atoms with van der Waals surface area (Å²) in [4.78, 5) is 20.3. The van der Waals surface area contributed by atoms with Crippen LogP contribution in [-0.2, 0) is 6.54 Å². The van der Waals surface area contributed by atoms with Gasteiger partial charge in [0.1, 0.15) is 17.8 Å². The van der Waals surface area contributed by atoms with Crippen LogP contribution in [0.25, 0.3) is 11.3 Å². The summed E-state index contributed by atoms with van der Waals surface area (Å²) in [6.07, 6.45) is 4.67. The molecule has 1 N–H and O–H groups in total. The summed E-state index contributed by atoms with van der Waals surface area (Å²) in [6.45, 7) is 2.50. The number of benzene rings is 1. The van der Waals surface area contributed by atoms with Gasteiger partial charge in [0, 0.05) is 56.3 Å². The highest BCUT2D eigenvalue weighted by Gasteiger charge is 2.24. The van der Waals surface area contributed by atoms with E-state index >= 15 is 0 Å². The van der Waals surface area contributed by atoms with Crippen LogP contribution in [0.2, 0.25) is 0 Å². The van der Waals surface area contributed by atoms with E-state index in [4.69, 9.17) is 9.05 Å². The van der Waals surface area contributed by atoms with Crippen LogP contribution < -0.4 is 10.2 Å². The number of amides is 1. The number of hydrogen-bond donors (Lipinski definition) is 1. The fourth-order valence-electron chi connectivity index (χ4n) is 3.76. The molecule has 1 aromatic carbocycles. The molecule has 1 amide bonds. The molecule has 1 saturated heterocycles. The minimum absolute atomic E-state index is 0.0570. The Balaban J connectivity index is 1.21. The smallest absolute Gasteiger partial charge is 0.255 e. The van der Waals surface area contributed by atoms with E-state index in [9.17, 15) is 9.18 Å². The van der Waals surface area contributed by atoms with Gasteiger partial charge in [0.25, 0.3) is 5.91 Å². The third kappa shape index (κ3) is 4.54. The summed E-state index contributed by atoms with van der Waals surface area (Å²) >= 11 is 0. The van der Waals surface area contributed by atoms with Crippen molar-refractivity contribution in [3.8, 4) is 11.3 Å². The highest BCUT2D eigenvalue weighted by molar-refractivity contribution is 5.94. The van der Waals surface area contributed by atoms with E-state index in [1.165, 1.54) is 12.3 Å². The largest absolute Gasteiger partial charge is 0.366 e. The molecule has 4 heterocycles. The lowest BCUT2D eigenvalue weighted by atomic mass is 10.1. The van der Waals surface area contributed by atoms with E-state index in [2.05, 4.69) is 20.6 Å². The van der Waals surface area contributed by atoms with Crippen LogP contribution in [0.3, 0.4) is 0 Å². The molecule has 10 heteroatoms. The molecule has 0 aliphatic carbocycles. The Morgan fingerprint density at radius 1 is 1.09 bits per heavy atom. The first-order valence-electron chi connectivity index (χ1n) is 10.5. The fraction of sp³-hybridized carbons (Fsp3) is 0.217. The van der Waals surface area contributed by atoms with Gasteiger partial charge in [-0.05, 0) is 24.3 Å². The lowest BCUT2D eigenvalue weighted by Crippen LogP contribution is -2.49. The van der Waals surface area contributed by atoms with Gasteiger partial charge in [0.05, 0.1) is 17.8 Å². The molecule has 9 nitrogen and oxygen atoms in total. The second kappa shape index (κ2) is 9.11. The lowest BCUT2D eigenvalue weighted by Gasteiger charge is -2.36. The summed E-state index contributed by atoms with van der Waals surface area (Å²) in [5.41, 5.74) is 2.23. The highest BCUT2D eigenvalue weighted by atomic mass is 19.1. The Bertz CT molecular complexity index is 1220. The number of rotatable bonds is 6. The maximum Gasteiger partial charge on any atom is 0.255 e. The molecular weight excluding hydrogens is 427 g/mol. The van der Waals surface area contributed by atoms with E-state index < -0.39 is 0 Å². The first kappa shape index (κ1) is 20.7. The predicted molar refractivity (Wildman–Crippen MR) is 118 cm³/mol. The molecule has 4 aromatic rings. The molecule has 168 valence electrons. The van der Waals surface area contributed by atoms with Gasteiger partial charge in [-0.25, -0.2) is 4.39 Å². The first-order valence-corrected chi connectivity index (χ1v) is 10.5. The highest BCUT2D eigenvalue weighted by Crippen LogP contribution is 2.27. The molecule has 1 aliphatic rings. The van der Waals surface area contributed by atoms with E-state index in [1.54, 1.807) is 47.6 Å². The Morgan fingerprint density at radius 2 is 1.97 bits per heavy atom. The summed E-state index contributed by atoms with van der Waals surface area (Å²) in [5, 5.41) is 10.8. The van der Waals surface area contributed by atoms with Crippen LogP contribution in [0.5, 0.6) is 0 Å². The standard InChI is InChI=1S/C23H21FN6O3/c24-19-12-16(20-13-18(33-27-20)15-26-22-5-11-32-28-22)3-4-21(19)29-7-9-30(10-8-29)23(31)17-2-1-6-25-14-17/h1-6,11-14H,7-10,15H2,(H,26,28). The number of hydrogen-bond acceptors (Lipinski definition) is 8. The van der Waals surface area contributed by atoms with Gasteiger partial charge >= 0.3 is 0 Å². The maximum atomic E-state index is 15.0. The van der Waals surface area contributed by atoms with Gasteiger partial charge in [-0.15, -0.1) is 0 Å². The average molecular weight is 448 g/mol. The van der Waals surface area contributed by atoms with Gasteiger partial charge in [0.2, 0.25) is 0 Å². The Morgan fingerprint density at radius 3 is 2.70 bits per heavy atom. The Labute approximate surface area is 188 Å². The first-order chi connectivity index (χ1) is 16.2. The number of aromatic nitrogens is 3. The molecule has 0 radical (unpaired) electrons. The van der Waals surface area contributed by atoms with Crippen molar-refractivity contribution in [3.63, 3.8) is 0 Å². The molecule has 1 fully saturated rings. The van der Waals surface area contributed by atoms with E-state index in [1.807, 2.05) is 11.0 Å². The number of nitrogens with one attached hydrogen (secondary N) is 1. The third-order valence-corrected chi connectivity index (χ3v) is 5.50. The zero-order valence-electron chi connectivity index (χ0n) is 17.6. The lowest BCUT2D eigenvalue weighted by molar-refractivity contribution is 0.0746. The van der Waals surface area contributed by atoms with Crippen molar-refractivity contribution >= 4 is 17.4 Å². The second-order valence-corrected chi connectivity index (χ2v) is 7.60. The van der Waals surface area contributed by atoms with Crippen molar-refractivity contribution < 1.29 is 18.2 Å². The Hall–Kier alpha value is -4.21. The molecule has 1 aliphatic heterocycles. The quantitative estimate of drug-likeness (QED) is 0.479. The van der Waals surface area contributed by atoms with Crippen LogP contribution in [0.1, 0.15) is 16.1 Å². The molecule has 5 rings (SSSR count). The van der Waals surface area contributed by atoms with Crippen molar-refractivity contribution in [1.82, 2.24) is 20.2 Å². The van der Waals surface area contributed by atoms with Gasteiger partial charge in [-0.1, -0.05) is 16.4 Å². The van der Waals surface area contributed by atoms with Gasteiger partial charge in [-0.3, -0.25) is 9.78 Å². The van der Waals surface area contributed by atoms with Crippen molar-refractivity contribution in [1.29, 1.82) is 0 Å². The summed E-state index contributed by atoms with van der Waals surface area (Å²) in [5.74, 6) is 0.778. The minimum Gasteiger partial charge on any atom is -0.366 e. The number of nitrogens with zero attached hydrogens (tertiary/aromatic N) is 5. The average Bonchev–Trinajstić information content (AvgIpc) is 3.55. The van der Waals surface area contributed by atoms with Crippen LogP contribution in [-0.4, -0.2) is 52.3 Å². The maximum absolute atomic E-state index is 15.0. The number of carbonyl (C=O) groups is 1. The van der Waals surface area contributed by atoms with Crippen LogP contribution in [0.4, 0.5) is 15.9 Å². The topological polar surface area (TPSA) is 101 Å². The van der Waals surface area contributed by atoms with Crippen molar-refractivity contribution in [2.75, 3.05) is 36.4 Å². The molecule has 3 aromatic heterocycles. The number of anilines is 2. The van der Waals surface area contributed by atoms with Crippen molar-refractivity contribution in [2.45, 2.75) is 6.54 Å². The molecule has 0 spiro atoms. The molecule has 0 unspecified atom stereocenters. The fourth-order valence-corrected chi connectivity index (χ4v) is 3.76. The predicted octanol–water partition coefficient (Wildman–Crippen LogP) is 3.44. The normalized spacial score (nSPS) is 13.8. The number of halogens is 1. The molecular formula is C23H21FN6O3. The Kier molecular flexibility index (Phi) is 5.71. The van der Waals surface area contributed by atoms with Gasteiger partial charge in [-0.2, -0.15) is 0 Å². The minimum atomic E-state index is -0.343. The molecule has 0 atom stereocenters. The third-order valence-electron chi connectivity index (χ3n) is 5.50. The van der Waals surface area contributed by atoms with Crippen molar-refractivity contribution in [2.24, 2.45) is 0 Å². The van der Waals surface area contributed by atoms with E-state index in [0.29, 0.717) is 66.8 Å². The van der Waals surface area contributed by atoms with Crippen molar-refractivity contribution in [3.05, 3.63) is 78.3 Å². The summed E-state index contributed by atoms with van der Waals surface area (Å²) in [7, 11) is 0. The van der Waals surface area contributed by atoms with Crippen LogP contribution in [0, 0.1) is 5.82 Å². The molecule has 33 heavy (non-hydrogen) atoms.